The molecule has 3 fully saturated rings. The first-order valence-corrected chi connectivity index (χ1v) is 30.8. The van der Waals surface area contributed by atoms with Crippen LogP contribution < -0.4 is 20.7 Å². The molecule has 9 bridgehead atoms. The number of methoxy groups -OCH3 is 1. The van der Waals surface area contributed by atoms with Gasteiger partial charge in [0.25, 0.3) is 0 Å². The van der Waals surface area contributed by atoms with Crippen LogP contribution in [0.2, 0.25) is 0 Å². The van der Waals surface area contributed by atoms with Crippen LogP contribution in [0.5, 0.6) is 11.5 Å². The van der Waals surface area contributed by atoms with Crippen LogP contribution >= 0.6 is 0 Å². The minimum Gasteiger partial charge on any atom is -0.504 e. The second-order valence-corrected chi connectivity index (χ2v) is 25.3. The molecule has 3 saturated carbocycles. The number of Topliss-reactive ketones (excluding diaryl/α,β-unsaturated/α-hetero) is 2. The monoisotopic (exact) mass is 1090 g/mol. The van der Waals surface area contributed by atoms with Crippen molar-refractivity contribution < 1.29 is 34.8 Å². The molecule has 5 aromatic rings. The van der Waals surface area contributed by atoms with E-state index in [4.69, 9.17) is 4.74 Å². The molecule has 11 nitrogen and oxygen atoms in total. The van der Waals surface area contributed by atoms with Gasteiger partial charge in [0.1, 0.15) is 5.82 Å². The molecule has 4 aromatic carbocycles. The number of phenolic OH excluding ortho intramolecular Hbond substituents is 1. The number of carbonyl (C=O) groups excluding carboxylic acids is 2. The first-order chi connectivity index (χ1) is 39.4. The van der Waals surface area contributed by atoms with E-state index < -0.39 is 53.0 Å². The molecule has 8 N–H and O–H groups in total. The predicted octanol–water partition coefficient (Wildman–Crippen LogP) is 11.8. The Morgan fingerprint density at radius 2 is 1.58 bits per heavy atom. The number of hydrogen-bond donors (Lipinski definition) is 8. The zero-order chi connectivity index (χ0) is 56.0. The highest BCUT2D eigenvalue weighted by Gasteiger charge is 2.50. The number of aryl methyl sites for hydroxylation is 1. The van der Waals surface area contributed by atoms with E-state index in [1.165, 1.54) is 50.4 Å². The minimum absolute atomic E-state index is 0.0220. The Bertz CT molecular complexity index is 3140. The lowest BCUT2D eigenvalue weighted by atomic mass is 9.60. The Labute approximate surface area is 479 Å². The summed E-state index contributed by atoms with van der Waals surface area (Å²) in [6.07, 6.45) is 19.4. The van der Waals surface area contributed by atoms with Crippen LogP contribution in [0, 0.1) is 47.3 Å². The van der Waals surface area contributed by atoms with Crippen LogP contribution in [0.4, 0.5) is 5.69 Å². The maximum Gasteiger partial charge on any atom is 0.173 e. The van der Waals surface area contributed by atoms with Crippen molar-refractivity contribution in [2.45, 2.75) is 164 Å². The normalized spacial score (nSPS) is 28.9. The molecule has 0 radical (unpaired) electrons. The number of aromatic amines is 1. The number of benzene rings is 4. The number of anilines is 1. The van der Waals surface area contributed by atoms with Crippen molar-refractivity contribution in [3.8, 4) is 23.3 Å². The molecule has 0 amide bonds. The van der Waals surface area contributed by atoms with Gasteiger partial charge in [-0.3, -0.25) is 9.59 Å². The van der Waals surface area contributed by atoms with Gasteiger partial charge in [-0.05, 0) is 168 Å². The average molecular weight is 1100 g/mol. The lowest BCUT2D eigenvalue weighted by molar-refractivity contribution is -0.142. The van der Waals surface area contributed by atoms with Gasteiger partial charge in [0.2, 0.25) is 0 Å². The predicted molar refractivity (Wildman–Crippen MR) is 321 cm³/mol. The number of dihydropyridines is 1. The lowest BCUT2D eigenvalue weighted by Gasteiger charge is -2.47. The van der Waals surface area contributed by atoms with Crippen molar-refractivity contribution in [3.63, 3.8) is 0 Å². The highest BCUT2D eigenvalue weighted by molar-refractivity contribution is 6.06. The summed E-state index contributed by atoms with van der Waals surface area (Å²) >= 11 is 0. The molecule has 428 valence electrons. The zero-order valence-corrected chi connectivity index (χ0v) is 47.7. The topological polar surface area (TPSA) is 176 Å². The standard InChI is InChI=1S/C70H86N4O7/c1-44-41-71-43-57(75)34-46-16-18-49-19-22-56(36-53(49)31-46)74-66-35-47(26-29-72-66)30-48-32-51-20-24-58(50-14-8-4-9-15-50)60-40-63(77)64(81-2)38-52(60)21-25-62(76)68(79)67(78)61(51)37-54(33-48)59(23-17-45-12-6-3-7-13-45)69(80)70(27-10-5-11-28-70)65-39-55(44)42-73-65/h4,8-9,14-16,18-19,22,26,31,35-36,38-40,42,44-45,48,51,54,57-59,61,68-69,71-75,77,79-80H,3,5-7,10-13,17,21,23,25,27-30,32-34,37,41,43H2,1-2H3. The Hall–Kier alpha value is -6.16. The summed E-state index contributed by atoms with van der Waals surface area (Å²) in [5.74, 6) is 6.34. The first kappa shape index (κ1) is 56.7. The van der Waals surface area contributed by atoms with Crippen molar-refractivity contribution in [2.75, 3.05) is 32.1 Å². The molecule has 3 heterocycles. The number of hydrogen-bond acceptors (Lipinski definition) is 10. The van der Waals surface area contributed by atoms with E-state index in [-0.39, 0.29) is 48.0 Å². The Morgan fingerprint density at radius 3 is 2.40 bits per heavy atom. The van der Waals surface area contributed by atoms with Crippen LogP contribution in [-0.4, -0.2) is 82.0 Å². The molecule has 0 saturated heterocycles. The Balaban J connectivity index is 1.05. The van der Waals surface area contributed by atoms with E-state index in [2.05, 4.69) is 101 Å². The molecule has 81 heavy (non-hydrogen) atoms. The number of fused-ring (bicyclic) bond motifs is 10. The molecule has 2 aliphatic heterocycles. The average Bonchev–Trinajstić information content (AvgIpc) is 3.94. The van der Waals surface area contributed by atoms with Gasteiger partial charge >= 0.3 is 0 Å². The van der Waals surface area contributed by atoms with Gasteiger partial charge in [-0.25, -0.2) is 0 Å². The van der Waals surface area contributed by atoms with E-state index >= 15 is 4.79 Å². The number of aliphatic hydroxyl groups excluding tert-OH is 3. The summed E-state index contributed by atoms with van der Waals surface area (Å²) in [4.78, 5) is 33.7. The minimum atomic E-state index is -1.82. The van der Waals surface area contributed by atoms with Crippen molar-refractivity contribution in [2.24, 2.45) is 35.5 Å². The molecule has 10 unspecified atom stereocenters. The molecular formula is C70H86N4O7. The fourth-order valence-electron chi connectivity index (χ4n) is 15.4. The summed E-state index contributed by atoms with van der Waals surface area (Å²) in [5, 5.41) is 61.8. The molecule has 6 aliphatic rings. The molecule has 1 spiro atoms. The number of rotatable bonds is 5. The highest BCUT2D eigenvalue weighted by atomic mass is 16.5. The van der Waals surface area contributed by atoms with E-state index in [9.17, 15) is 25.2 Å². The van der Waals surface area contributed by atoms with Crippen molar-refractivity contribution in [1.29, 1.82) is 0 Å². The summed E-state index contributed by atoms with van der Waals surface area (Å²) in [5.41, 5.74) is 7.39. The first-order valence-electron chi connectivity index (χ1n) is 30.8. The molecule has 10 atom stereocenters. The third-order valence-electron chi connectivity index (χ3n) is 19.9. The van der Waals surface area contributed by atoms with Crippen molar-refractivity contribution in [1.82, 2.24) is 15.6 Å². The summed E-state index contributed by atoms with van der Waals surface area (Å²) in [6, 6.07) is 28.7. The van der Waals surface area contributed by atoms with Crippen LogP contribution in [0.25, 0.3) is 10.8 Å². The fraction of sp³-hybridized carbons (Fsp3) is 0.514. The number of aromatic nitrogens is 1. The second kappa shape index (κ2) is 25.5. The van der Waals surface area contributed by atoms with Crippen LogP contribution in [0.15, 0.2) is 115 Å². The van der Waals surface area contributed by atoms with E-state index in [1.807, 2.05) is 30.3 Å². The molecule has 4 aliphatic carbocycles. The molecule has 11 heteroatoms. The number of allylic oxidation sites excluding steroid dienone is 2. The van der Waals surface area contributed by atoms with Gasteiger partial charge < -0.3 is 46.1 Å². The van der Waals surface area contributed by atoms with Crippen LogP contribution in [0.1, 0.15) is 161 Å². The van der Waals surface area contributed by atoms with Crippen molar-refractivity contribution >= 4 is 28.0 Å². The smallest absolute Gasteiger partial charge is 0.173 e. The van der Waals surface area contributed by atoms with Gasteiger partial charge in [-0.2, -0.15) is 0 Å². The zero-order valence-electron chi connectivity index (χ0n) is 47.7. The van der Waals surface area contributed by atoms with E-state index in [0.29, 0.717) is 51.2 Å². The van der Waals surface area contributed by atoms with E-state index in [0.717, 1.165) is 102 Å². The summed E-state index contributed by atoms with van der Waals surface area (Å²) in [7, 11) is 1.50. The SMILES string of the molecule is COc1cc2c(cc1O)C(c1ccccc1)C#CC1CC3CC4=CCNC(=C4)Nc4ccc5ccc(cc5c4)CC(O)CNCC(C)c4c[nH]c(c4)C4(CCCCC4)C(O)C(CCC4CCCCC4)C(C3)CC1C(=O)C(O)C(=O)CC2. The Kier molecular flexibility index (Phi) is 17.9. The van der Waals surface area contributed by atoms with Crippen LogP contribution in [-0.2, 0) is 27.8 Å². The largest absolute Gasteiger partial charge is 0.504 e. The Morgan fingerprint density at radius 1 is 0.778 bits per heavy atom. The number of ketones is 2. The van der Waals surface area contributed by atoms with Crippen molar-refractivity contribution in [3.05, 3.63) is 148 Å². The molecule has 1 aromatic heterocycles. The van der Waals surface area contributed by atoms with Gasteiger partial charge in [0.05, 0.1) is 25.2 Å². The van der Waals surface area contributed by atoms with Crippen LogP contribution in [0.3, 0.4) is 0 Å². The quantitative estimate of drug-likeness (QED) is 0.0625. The number of H-pyrrole nitrogens is 1. The number of β-amino-alcohol motifs (C(OH)–C–C–N with tert-alkyl or cyclic N) is 1. The lowest BCUT2D eigenvalue weighted by Crippen LogP contribution is -2.48. The number of carbonyl (C=O) groups is 2. The van der Waals surface area contributed by atoms with Gasteiger partial charge in [0.15, 0.2) is 29.2 Å². The second-order valence-electron chi connectivity index (χ2n) is 25.3. The van der Waals surface area contributed by atoms with Gasteiger partial charge in [-0.1, -0.05) is 137 Å². The summed E-state index contributed by atoms with van der Waals surface area (Å²) < 4.78 is 5.58. The number of ether oxygens (including phenoxy) is 1. The fourth-order valence-corrected chi connectivity index (χ4v) is 15.4. The van der Waals surface area contributed by atoms with Gasteiger partial charge in [-0.15, -0.1) is 0 Å². The maximum absolute atomic E-state index is 15.5. The number of aliphatic hydroxyl groups is 3. The molecular weight excluding hydrogens is 1010 g/mol. The maximum atomic E-state index is 15.5. The van der Waals surface area contributed by atoms with Gasteiger partial charge in [0, 0.05) is 60.9 Å². The van der Waals surface area contributed by atoms with E-state index in [1.54, 1.807) is 12.1 Å². The third-order valence-corrected chi connectivity index (χ3v) is 19.9. The molecule has 11 rings (SSSR count). The number of nitrogens with one attached hydrogen (secondary N) is 4. The number of phenols is 1. The third kappa shape index (κ3) is 12.9. The number of aromatic hydroxyl groups is 1. The summed E-state index contributed by atoms with van der Waals surface area (Å²) in [6.45, 7) is 4.01. The highest BCUT2D eigenvalue weighted by Crippen LogP contribution is 2.52.